The molecule has 0 radical (unpaired) electrons. The molecule has 4 N–H and O–H groups in total. The van der Waals surface area contributed by atoms with E-state index in [0.717, 1.165) is 16.9 Å². The maximum absolute atomic E-state index is 10.2. The first-order valence-electron chi connectivity index (χ1n) is 9.63. The van der Waals surface area contributed by atoms with E-state index >= 15 is 0 Å². The second-order valence-corrected chi connectivity index (χ2v) is 7.19. The molecule has 0 aromatic heterocycles. The molecular weight excluding hydrogens is 396 g/mol. The molecule has 0 unspecified atom stereocenters. The molecule has 1 fully saturated rings. The monoisotopic (exact) mass is 424 g/mol. The maximum atomic E-state index is 10.2. The van der Waals surface area contributed by atoms with Gasteiger partial charge in [0.05, 0.1) is 13.2 Å². The molecule has 1 aliphatic heterocycles. The summed E-state index contributed by atoms with van der Waals surface area (Å²) in [5.74, 6) is 0.790. The van der Waals surface area contributed by atoms with Crippen molar-refractivity contribution in [1.29, 1.82) is 0 Å². The van der Waals surface area contributed by atoms with Crippen LogP contribution < -0.4 is 4.74 Å². The lowest BCUT2D eigenvalue weighted by Gasteiger charge is -2.39. The molecule has 1 aromatic rings. The van der Waals surface area contributed by atoms with Gasteiger partial charge in [0.15, 0.2) is 0 Å². The van der Waals surface area contributed by atoms with Crippen molar-refractivity contribution in [2.45, 2.75) is 50.8 Å². The third-order valence-electron chi connectivity index (χ3n) is 4.66. The number of aliphatic hydroxyl groups is 4. The summed E-state index contributed by atoms with van der Waals surface area (Å²) < 4.78 is 11.0. The number of hydrogen-bond donors (Lipinski definition) is 4. The van der Waals surface area contributed by atoms with E-state index in [1.807, 2.05) is 44.2 Å². The first kappa shape index (κ1) is 23.6. The Hall–Kier alpha value is -1.67. The summed E-state index contributed by atoms with van der Waals surface area (Å²) in [5.41, 5.74) is 1.80. The maximum Gasteiger partial charge on any atom is 0.119 e. The molecule has 1 saturated heterocycles. The number of rotatable bonds is 8. The summed E-state index contributed by atoms with van der Waals surface area (Å²) in [6, 6.07) is 7.68. The van der Waals surface area contributed by atoms with E-state index in [4.69, 9.17) is 21.1 Å². The van der Waals surface area contributed by atoms with Crippen LogP contribution in [0, 0.1) is 0 Å². The second-order valence-electron chi connectivity index (χ2n) is 6.78. The highest BCUT2D eigenvalue weighted by Crippen LogP contribution is 2.25. The zero-order chi connectivity index (χ0) is 21.4. The molecule has 0 bridgehead atoms. The number of ether oxygens (including phenoxy) is 2. The van der Waals surface area contributed by atoms with Gasteiger partial charge in [-0.1, -0.05) is 42.0 Å². The van der Waals surface area contributed by atoms with Gasteiger partial charge in [-0.25, -0.2) is 0 Å². The van der Waals surface area contributed by atoms with E-state index in [9.17, 15) is 20.4 Å². The molecule has 29 heavy (non-hydrogen) atoms. The van der Waals surface area contributed by atoms with Gasteiger partial charge in [-0.2, -0.15) is 0 Å². The number of allylic oxidation sites excluding steroid dienone is 5. The highest BCUT2D eigenvalue weighted by Gasteiger charge is 2.42. The molecule has 2 rings (SSSR count). The molecule has 0 aliphatic carbocycles. The summed E-state index contributed by atoms with van der Waals surface area (Å²) in [7, 11) is 0. The van der Waals surface area contributed by atoms with Gasteiger partial charge in [-0.15, -0.1) is 0 Å². The van der Waals surface area contributed by atoms with Crippen LogP contribution in [0.25, 0.3) is 0 Å². The highest BCUT2D eigenvalue weighted by molar-refractivity contribution is 6.31. The summed E-state index contributed by atoms with van der Waals surface area (Å²) in [4.78, 5) is 0. The molecule has 6 nitrogen and oxygen atoms in total. The Balaban J connectivity index is 2.21. The van der Waals surface area contributed by atoms with Crippen molar-refractivity contribution in [1.82, 2.24) is 0 Å². The third-order valence-corrected chi connectivity index (χ3v) is 5.03. The SMILES string of the molecule is C\C=C/C(Cl)=C(\C=C\[C@@H]1O[C@H](CO)[C@@H](O)[C@H](O)[C@H]1O)Cc1ccc(OCC)cc1. The predicted octanol–water partition coefficient (Wildman–Crippen LogP) is 2.10. The Morgan fingerprint density at radius 3 is 2.38 bits per heavy atom. The first-order chi connectivity index (χ1) is 13.9. The fourth-order valence-corrected chi connectivity index (χ4v) is 3.32. The van der Waals surface area contributed by atoms with E-state index in [1.54, 1.807) is 18.2 Å². The minimum absolute atomic E-state index is 0.469. The van der Waals surface area contributed by atoms with Crippen molar-refractivity contribution in [2.75, 3.05) is 13.2 Å². The minimum Gasteiger partial charge on any atom is -0.494 e. The average Bonchev–Trinajstić information content (AvgIpc) is 2.72. The molecule has 0 amide bonds. The van der Waals surface area contributed by atoms with Gasteiger partial charge in [-0.3, -0.25) is 0 Å². The summed E-state index contributed by atoms with van der Waals surface area (Å²) in [5, 5.41) is 39.9. The zero-order valence-electron chi connectivity index (χ0n) is 16.6. The largest absolute Gasteiger partial charge is 0.494 e. The normalized spacial score (nSPS) is 28.7. The number of aliphatic hydroxyl groups excluding tert-OH is 4. The molecule has 7 heteroatoms. The van der Waals surface area contributed by atoms with Crippen molar-refractivity contribution < 1.29 is 29.9 Å². The smallest absolute Gasteiger partial charge is 0.119 e. The number of halogens is 1. The van der Waals surface area contributed by atoms with E-state index < -0.39 is 37.1 Å². The lowest BCUT2D eigenvalue weighted by atomic mass is 9.94. The summed E-state index contributed by atoms with van der Waals surface area (Å²) in [6.45, 7) is 3.91. The number of hydrogen-bond acceptors (Lipinski definition) is 6. The van der Waals surface area contributed by atoms with Gasteiger partial charge >= 0.3 is 0 Å². The van der Waals surface area contributed by atoms with Crippen LogP contribution in [0.15, 0.2) is 59.2 Å². The van der Waals surface area contributed by atoms with Crippen molar-refractivity contribution in [2.24, 2.45) is 0 Å². The Morgan fingerprint density at radius 2 is 1.79 bits per heavy atom. The Morgan fingerprint density at radius 1 is 1.10 bits per heavy atom. The van der Waals surface area contributed by atoms with Gasteiger partial charge in [0.1, 0.15) is 36.3 Å². The van der Waals surface area contributed by atoms with E-state index in [1.165, 1.54) is 0 Å². The molecule has 5 atom stereocenters. The van der Waals surface area contributed by atoms with Gasteiger partial charge in [0.2, 0.25) is 0 Å². The average molecular weight is 425 g/mol. The molecule has 1 aliphatic rings. The Kier molecular flexibility index (Phi) is 9.36. The van der Waals surface area contributed by atoms with E-state index in [2.05, 4.69) is 0 Å². The Bertz CT molecular complexity index is 725. The predicted molar refractivity (Wildman–Crippen MR) is 112 cm³/mol. The van der Waals surface area contributed by atoms with Crippen LogP contribution in [-0.2, 0) is 11.2 Å². The van der Waals surface area contributed by atoms with Gasteiger partial charge in [-0.05, 0) is 49.6 Å². The van der Waals surface area contributed by atoms with Gasteiger partial charge in [0, 0.05) is 5.03 Å². The molecule has 160 valence electrons. The fraction of sp³-hybridized carbons (Fsp3) is 0.455. The molecule has 1 aromatic carbocycles. The fourth-order valence-electron chi connectivity index (χ4n) is 3.07. The van der Waals surface area contributed by atoms with Crippen molar-refractivity contribution in [3.8, 4) is 5.75 Å². The Labute approximate surface area is 176 Å². The van der Waals surface area contributed by atoms with Crippen LogP contribution in [0.1, 0.15) is 19.4 Å². The van der Waals surface area contributed by atoms with Gasteiger partial charge < -0.3 is 29.9 Å². The van der Waals surface area contributed by atoms with Crippen LogP contribution in [0.3, 0.4) is 0 Å². The lowest BCUT2D eigenvalue weighted by molar-refractivity contribution is -0.216. The van der Waals surface area contributed by atoms with Crippen LogP contribution in [-0.4, -0.2) is 64.2 Å². The summed E-state index contributed by atoms with van der Waals surface area (Å²) >= 11 is 6.42. The van der Waals surface area contributed by atoms with Crippen LogP contribution in [0.5, 0.6) is 5.75 Å². The van der Waals surface area contributed by atoms with Crippen molar-refractivity contribution >= 4 is 11.6 Å². The topological polar surface area (TPSA) is 99.4 Å². The molecule has 0 saturated carbocycles. The van der Waals surface area contributed by atoms with Gasteiger partial charge in [0.25, 0.3) is 0 Å². The molecule has 1 heterocycles. The lowest BCUT2D eigenvalue weighted by Crippen LogP contribution is -2.57. The standard InChI is InChI=1S/C22H29ClO6/c1-3-5-17(23)15(12-14-6-9-16(10-7-14)28-4-2)8-11-18-20(25)22(27)21(26)19(13-24)29-18/h3,5-11,18-22,24-27H,4,12-13H2,1-2H3/b5-3-,11-8+,17-15-/t18-,19+,20-,21+,22+/m0/s1. The van der Waals surface area contributed by atoms with E-state index in [-0.39, 0.29) is 0 Å². The second kappa shape index (κ2) is 11.5. The summed E-state index contributed by atoms with van der Waals surface area (Å²) in [6.07, 6.45) is 1.46. The van der Waals surface area contributed by atoms with Crippen LogP contribution in [0.2, 0.25) is 0 Å². The quantitative estimate of drug-likeness (QED) is 0.477. The number of benzene rings is 1. The first-order valence-corrected chi connectivity index (χ1v) is 10.0. The zero-order valence-corrected chi connectivity index (χ0v) is 17.4. The molecule has 0 spiro atoms. The van der Waals surface area contributed by atoms with Crippen LogP contribution >= 0.6 is 11.6 Å². The van der Waals surface area contributed by atoms with Crippen LogP contribution in [0.4, 0.5) is 0 Å². The minimum atomic E-state index is -1.42. The highest BCUT2D eigenvalue weighted by atomic mass is 35.5. The van der Waals surface area contributed by atoms with E-state index in [0.29, 0.717) is 18.1 Å². The van der Waals surface area contributed by atoms with Crippen molar-refractivity contribution in [3.05, 3.63) is 64.7 Å². The third kappa shape index (κ3) is 6.40. The van der Waals surface area contributed by atoms with Crippen molar-refractivity contribution in [3.63, 3.8) is 0 Å². The molecular formula is C22H29ClO6.